The maximum Gasteiger partial charge on any atom is 0.419 e. The Balaban J connectivity index is 1.52. The van der Waals surface area contributed by atoms with Crippen LogP contribution in [0.4, 0.5) is 5.69 Å². The average Bonchev–Trinajstić information content (AvgIpc) is 3.01. The zero-order valence-corrected chi connectivity index (χ0v) is 16.7. The zero-order chi connectivity index (χ0) is 21.0. The van der Waals surface area contributed by atoms with Gasteiger partial charge >= 0.3 is 5.76 Å². The van der Waals surface area contributed by atoms with Crippen LogP contribution in [0.1, 0.15) is 26.7 Å². The number of fused-ring (bicyclic) bond motifs is 1. The lowest BCUT2D eigenvalue weighted by molar-refractivity contribution is -0.384. The number of carbonyl (C=O) groups excluding carboxylic acids is 1. The molecule has 1 fully saturated rings. The van der Waals surface area contributed by atoms with Crippen LogP contribution in [-0.4, -0.2) is 58.7 Å². The molecule has 2 heterocycles. The fourth-order valence-corrected chi connectivity index (χ4v) is 3.46. The van der Waals surface area contributed by atoms with Crippen LogP contribution in [0.3, 0.4) is 0 Å². The SMILES string of the molecule is CC(C)(CNC(=O)CCCn1c(=O)oc2cc([N+](=O)[O-])ccc21)N1CCOCC1. The first-order valence-corrected chi connectivity index (χ1v) is 9.65. The van der Waals surface area contributed by atoms with Gasteiger partial charge in [-0.3, -0.25) is 24.4 Å². The Bertz CT molecular complexity index is 942. The minimum Gasteiger partial charge on any atom is -0.407 e. The molecule has 0 bridgehead atoms. The maximum atomic E-state index is 12.2. The summed E-state index contributed by atoms with van der Waals surface area (Å²) in [7, 11) is 0. The number of hydrogen-bond acceptors (Lipinski definition) is 7. The number of carbonyl (C=O) groups is 1. The van der Waals surface area contributed by atoms with E-state index in [9.17, 15) is 19.7 Å². The van der Waals surface area contributed by atoms with Gasteiger partial charge < -0.3 is 14.5 Å². The highest BCUT2D eigenvalue weighted by atomic mass is 16.6. The highest BCUT2D eigenvalue weighted by molar-refractivity contribution is 5.76. The number of hydrogen-bond donors (Lipinski definition) is 1. The number of rotatable bonds is 8. The Labute approximate surface area is 167 Å². The summed E-state index contributed by atoms with van der Waals surface area (Å²) in [6.45, 7) is 8.11. The lowest BCUT2D eigenvalue weighted by atomic mass is 10.0. The zero-order valence-electron chi connectivity index (χ0n) is 16.7. The number of amides is 1. The molecule has 158 valence electrons. The van der Waals surface area contributed by atoms with Crippen molar-refractivity contribution in [2.75, 3.05) is 32.8 Å². The summed E-state index contributed by atoms with van der Waals surface area (Å²) in [6.07, 6.45) is 0.723. The Hall–Kier alpha value is -2.72. The minimum atomic E-state index is -0.589. The van der Waals surface area contributed by atoms with Crippen LogP contribution in [0, 0.1) is 10.1 Å². The minimum absolute atomic E-state index is 0.0807. The van der Waals surface area contributed by atoms with Crippen molar-refractivity contribution >= 4 is 22.7 Å². The fourth-order valence-electron chi connectivity index (χ4n) is 3.46. The van der Waals surface area contributed by atoms with E-state index in [0.717, 1.165) is 13.1 Å². The topological polar surface area (TPSA) is 120 Å². The second kappa shape index (κ2) is 8.75. The van der Waals surface area contributed by atoms with Crippen LogP contribution in [0.25, 0.3) is 11.1 Å². The molecular weight excluding hydrogens is 380 g/mol. The number of benzene rings is 1. The second-order valence-corrected chi connectivity index (χ2v) is 7.72. The molecule has 29 heavy (non-hydrogen) atoms. The molecule has 1 saturated heterocycles. The van der Waals surface area contributed by atoms with Crippen molar-refractivity contribution in [3.8, 4) is 0 Å². The molecule has 1 aliphatic heterocycles. The molecule has 0 radical (unpaired) electrons. The van der Waals surface area contributed by atoms with Crippen molar-refractivity contribution < 1.29 is 18.9 Å². The monoisotopic (exact) mass is 406 g/mol. The van der Waals surface area contributed by atoms with Gasteiger partial charge in [0.05, 0.1) is 29.7 Å². The van der Waals surface area contributed by atoms with Gasteiger partial charge in [-0.1, -0.05) is 0 Å². The van der Waals surface area contributed by atoms with Crippen LogP contribution in [0.15, 0.2) is 27.4 Å². The van der Waals surface area contributed by atoms with Gasteiger partial charge in [0.25, 0.3) is 5.69 Å². The smallest absolute Gasteiger partial charge is 0.407 e. The van der Waals surface area contributed by atoms with Crippen molar-refractivity contribution in [1.29, 1.82) is 0 Å². The van der Waals surface area contributed by atoms with Gasteiger partial charge in [0.1, 0.15) is 0 Å². The number of ether oxygens (including phenoxy) is 1. The summed E-state index contributed by atoms with van der Waals surface area (Å²) >= 11 is 0. The third kappa shape index (κ3) is 5.01. The van der Waals surface area contributed by atoms with Crippen LogP contribution < -0.4 is 11.1 Å². The Morgan fingerprint density at radius 3 is 2.72 bits per heavy atom. The van der Waals surface area contributed by atoms with E-state index in [1.54, 1.807) is 0 Å². The van der Waals surface area contributed by atoms with E-state index < -0.39 is 10.7 Å². The molecule has 1 aromatic heterocycles. The Morgan fingerprint density at radius 1 is 1.31 bits per heavy atom. The number of nitro groups is 1. The molecular formula is C19H26N4O6. The summed E-state index contributed by atoms with van der Waals surface area (Å²) in [5.41, 5.74) is 0.349. The standard InChI is InChI=1S/C19H26N4O6/c1-19(2,21-8-10-28-11-9-21)13-20-17(24)4-3-7-22-15-6-5-14(23(26)27)12-16(15)29-18(22)25/h5-6,12H,3-4,7-11,13H2,1-2H3,(H,20,24). The van der Waals surface area contributed by atoms with Crippen LogP contribution >= 0.6 is 0 Å². The lowest BCUT2D eigenvalue weighted by Gasteiger charge is -2.40. The molecule has 0 aliphatic carbocycles. The molecule has 1 amide bonds. The van der Waals surface area contributed by atoms with Gasteiger partial charge in [-0.05, 0) is 26.3 Å². The highest BCUT2D eigenvalue weighted by Gasteiger charge is 2.28. The first-order chi connectivity index (χ1) is 13.8. The molecule has 1 N–H and O–H groups in total. The van der Waals surface area contributed by atoms with Gasteiger partial charge in [-0.2, -0.15) is 0 Å². The highest BCUT2D eigenvalue weighted by Crippen LogP contribution is 2.20. The molecule has 0 unspecified atom stereocenters. The number of oxazole rings is 1. The van der Waals surface area contributed by atoms with Crippen LogP contribution in [-0.2, 0) is 16.1 Å². The normalized spacial score (nSPS) is 15.5. The first kappa shape index (κ1) is 21.0. The third-order valence-corrected chi connectivity index (χ3v) is 5.23. The van der Waals surface area contributed by atoms with Crippen molar-refractivity contribution in [2.24, 2.45) is 0 Å². The van der Waals surface area contributed by atoms with Gasteiger partial charge in [-0.25, -0.2) is 4.79 Å². The molecule has 10 nitrogen and oxygen atoms in total. The summed E-state index contributed by atoms with van der Waals surface area (Å²) in [5, 5.41) is 13.8. The van der Waals surface area contributed by atoms with E-state index in [1.165, 1.54) is 22.8 Å². The van der Waals surface area contributed by atoms with Crippen molar-refractivity contribution in [3.05, 3.63) is 38.9 Å². The van der Waals surface area contributed by atoms with Gasteiger partial charge in [0.15, 0.2) is 5.58 Å². The number of non-ortho nitro benzene ring substituents is 1. The third-order valence-electron chi connectivity index (χ3n) is 5.23. The number of nitrogens with zero attached hydrogens (tertiary/aromatic N) is 3. The quantitative estimate of drug-likeness (QED) is 0.521. The number of morpholine rings is 1. The van der Waals surface area contributed by atoms with Crippen LogP contribution in [0.2, 0.25) is 0 Å². The molecule has 2 aromatic rings. The van der Waals surface area contributed by atoms with Crippen molar-refractivity contribution in [1.82, 2.24) is 14.8 Å². The summed E-state index contributed by atoms with van der Waals surface area (Å²) < 4.78 is 11.9. The molecule has 1 aliphatic rings. The van der Waals surface area contributed by atoms with E-state index in [2.05, 4.69) is 24.1 Å². The molecule has 3 rings (SSSR count). The number of aromatic nitrogens is 1. The summed E-state index contributed by atoms with van der Waals surface area (Å²) in [5.74, 6) is -0.669. The largest absolute Gasteiger partial charge is 0.419 e. The van der Waals surface area contributed by atoms with Crippen molar-refractivity contribution in [3.63, 3.8) is 0 Å². The summed E-state index contributed by atoms with van der Waals surface area (Å²) in [4.78, 5) is 36.9. The molecule has 0 atom stereocenters. The van der Waals surface area contributed by atoms with Crippen molar-refractivity contribution in [2.45, 2.75) is 38.8 Å². The van der Waals surface area contributed by atoms with E-state index in [-0.39, 0.29) is 29.1 Å². The number of aryl methyl sites for hydroxylation is 1. The fraction of sp³-hybridized carbons (Fsp3) is 0.579. The van der Waals surface area contributed by atoms with E-state index in [0.29, 0.717) is 38.2 Å². The van der Waals surface area contributed by atoms with Gasteiger partial charge in [0.2, 0.25) is 5.91 Å². The molecule has 10 heteroatoms. The van der Waals surface area contributed by atoms with Gasteiger partial charge in [0, 0.05) is 44.2 Å². The van der Waals surface area contributed by atoms with E-state index in [4.69, 9.17) is 9.15 Å². The predicted octanol–water partition coefficient (Wildman–Crippen LogP) is 1.51. The number of nitro benzene ring substituents is 1. The first-order valence-electron chi connectivity index (χ1n) is 9.65. The summed E-state index contributed by atoms with van der Waals surface area (Å²) in [6, 6.07) is 4.05. The molecule has 0 spiro atoms. The second-order valence-electron chi connectivity index (χ2n) is 7.72. The van der Waals surface area contributed by atoms with E-state index >= 15 is 0 Å². The van der Waals surface area contributed by atoms with Gasteiger partial charge in [-0.15, -0.1) is 0 Å². The lowest BCUT2D eigenvalue weighted by Crippen LogP contribution is -2.55. The Kier molecular flexibility index (Phi) is 6.33. The average molecular weight is 406 g/mol. The van der Waals surface area contributed by atoms with E-state index in [1.807, 2.05) is 0 Å². The Morgan fingerprint density at radius 2 is 2.03 bits per heavy atom. The molecule has 0 saturated carbocycles. The number of nitrogens with one attached hydrogen (secondary N) is 1. The maximum absolute atomic E-state index is 12.2. The predicted molar refractivity (Wildman–Crippen MR) is 106 cm³/mol. The molecule has 1 aromatic carbocycles. The van der Waals surface area contributed by atoms with Crippen LogP contribution in [0.5, 0.6) is 0 Å².